The second-order valence-electron chi connectivity index (χ2n) is 4.55. The second-order valence-corrected chi connectivity index (χ2v) is 4.55. The van der Waals surface area contributed by atoms with Crippen molar-refractivity contribution in [3.8, 4) is 0 Å². The summed E-state index contributed by atoms with van der Waals surface area (Å²) in [6.07, 6.45) is -1.99. The molecule has 1 heterocycles. The molecule has 1 aliphatic heterocycles. The summed E-state index contributed by atoms with van der Waals surface area (Å²) < 4.78 is 35.8. The molecule has 0 radical (unpaired) electrons. The molecule has 6 heteroatoms. The number of hydrogen-bond donors (Lipinski definition) is 1. The largest absolute Gasteiger partial charge is 0.413 e. The van der Waals surface area contributed by atoms with Gasteiger partial charge in [-0.05, 0) is 24.5 Å². The van der Waals surface area contributed by atoms with Gasteiger partial charge >= 0.3 is 6.18 Å². The van der Waals surface area contributed by atoms with E-state index in [1.54, 1.807) is 0 Å². The van der Waals surface area contributed by atoms with E-state index in [1.807, 2.05) is 24.3 Å². The average Bonchev–Trinajstić information content (AvgIpc) is 2.88. The molecule has 19 heavy (non-hydrogen) atoms. The summed E-state index contributed by atoms with van der Waals surface area (Å²) >= 11 is 0. The third-order valence-electron chi connectivity index (χ3n) is 3.04. The normalized spacial score (nSPS) is 16.1. The van der Waals surface area contributed by atoms with Crippen molar-refractivity contribution in [2.45, 2.75) is 25.6 Å². The van der Waals surface area contributed by atoms with Crippen molar-refractivity contribution in [3.63, 3.8) is 0 Å². The van der Waals surface area contributed by atoms with Crippen LogP contribution in [0.2, 0.25) is 0 Å². The molecule has 1 saturated heterocycles. The lowest BCUT2D eigenvalue weighted by Gasteiger charge is -2.21. The molecular formula is C13H17F3N2O. The van der Waals surface area contributed by atoms with Gasteiger partial charge in [0.25, 0.3) is 0 Å². The molecule has 0 bridgehead atoms. The summed E-state index contributed by atoms with van der Waals surface area (Å²) in [5.41, 5.74) is 4.40. The number of nitrogens with one attached hydrogen (secondary N) is 1. The molecule has 0 spiro atoms. The summed E-state index contributed by atoms with van der Waals surface area (Å²) in [7, 11) is 0. The minimum absolute atomic E-state index is 0.267. The van der Waals surface area contributed by atoms with E-state index in [4.69, 9.17) is 0 Å². The highest BCUT2D eigenvalue weighted by molar-refractivity contribution is 5.54. The molecule has 0 saturated carbocycles. The predicted octanol–water partition coefficient (Wildman–Crippen LogP) is 2.87. The molecule has 0 aliphatic carbocycles. The monoisotopic (exact) mass is 274 g/mol. The van der Waals surface area contributed by atoms with Gasteiger partial charge in [0.05, 0.1) is 0 Å². The van der Waals surface area contributed by atoms with Gasteiger partial charge in [0, 0.05) is 25.3 Å². The minimum atomic E-state index is -4.30. The predicted molar refractivity (Wildman–Crippen MR) is 66.7 cm³/mol. The van der Waals surface area contributed by atoms with Crippen molar-refractivity contribution in [3.05, 3.63) is 29.8 Å². The van der Waals surface area contributed by atoms with Gasteiger partial charge in [-0.2, -0.15) is 18.7 Å². The van der Waals surface area contributed by atoms with E-state index in [-0.39, 0.29) is 6.54 Å². The van der Waals surface area contributed by atoms with Crippen LogP contribution in [0.4, 0.5) is 18.9 Å². The van der Waals surface area contributed by atoms with Gasteiger partial charge in [0.2, 0.25) is 0 Å². The van der Waals surface area contributed by atoms with Crippen molar-refractivity contribution in [1.29, 1.82) is 0 Å². The highest BCUT2D eigenvalue weighted by atomic mass is 19.4. The first-order valence-electron chi connectivity index (χ1n) is 6.30. The molecule has 0 unspecified atom stereocenters. The van der Waals surface area contributed by atoms with Crippen LogP contribution in [0.5, 0.6) is 0 Å². The first kappa shape index (κ1) is 14.1. The molecule has 1 aromatic carbocycles. The fourth-order valence-corrected chi connectivity index (χ4v) is 2.19. The number of anilines is 1. The molecule has 1 aliphatic rings. The summed E-state index contributed by atoms with van der Waals surface area (Å²) in [5.74, 6) is 0. The molecule has 2 rings (SSSR count). The van der Waals surface area contributed by atoms with Crippen molar-refractivity contribution in [2.75, 3.05) is 24.6 Å². The number of halogens is 3. The third kappa shape index (κ3) is 4.40. The van der Waals surface area contributed by atoms with Crippen LogP contribution in [0.3, 0.4) is 0 Å². The quantitative estimate of drug-likeness (QED) is 0.660. The lowest BCUT2D eigenvalue weighted by molar-refractivity contribution is -0.190. The van der Waals surface area contributed by atoms with E-state index in [2.05, 4.69) is 15.2 Å². The highest BCUT2D eigenvalue weighted by Gasteiger charge is 2.27. The zero-order valence-electron chi connectivity index (χ0n) is 10.5. The Bertz CT molecular complexity index is 403. The Morgan fingerprint density at radius 1 is 1.16 bits per heavy atom. The topological polar surface area (TPSA) is 24.5 Å². The molecule has 0 aromatic heterocycles. The number of hydroxylamine groups is 1. The lowest BCUT2D eigenvalue weighted by atomic mass is 10.1. The smallest absolute Gasteiger partial charge is 0.371 e. The fourth-order valence-electron chi connectivity index (χ4n) is 2.19. The number of hydrogen-bond acceptors (Lipinski definition) is 3. The van der Waals surface area contributed by atoms with Gasteiger partial charge in [-0.3, -0.25) is 4.84 Å². The molecule has 1 aromatic rings. The van der Waals surface area contributed by atoms with Crippen molar-refractivity contribution in [2.24, 2.45) is 0 Å². The van der Waals surface area contributed by atoms with Crippen LogP contribution >= 0.6 is 0 Å². The maximum Gasteiger partial charge on any atom is 0.413 e. The Balaban J connectivity index is 1.89. The molecule has 106 valence electrons. The fraction of sp³-hybridized carbons (Fsp3) is 0.538. The maximum atomic E-state index is 11.9. The average molecular weight is 274 g/mol. The van der Waals surface area contributed by atoms with Crippen LogP contribution in [-0.4, -0.2) is 25.9 Å². The van der Waals surface area contributed by atoms with Gasteiger partial charge in [0.1, 0.15) is 0 Å². The number of alkyl halides is 3. The van der Waals surface area contributed by atoms with E-state index in [0.717, 1.165) is 37.2 Å². The van der Waals surface area contributed by atoms with Gasteiger partial charge in [-0.1, -0.05) is 18.2 Å². The Kier molecular flexibility index (Phi) is 4.66. The molecule has 0 atom stereocenters. The first-order valence-corrected chi connectivity index (χ1v) is 6.30. The summed E-state index contributed by atoms with van der Waals surface area (Å²) in [6, 6.07) is 7.71. The Labute approximate surface area is 110 Å². The van der Waals surface area contributed by atoms with Crippen molar-refractivity contribution < 1.29 is 18.0 Å². The molecule has 1 fully saturated rings. The van der Waals surface area contributed by atoms with E-state index in [1.165, 1.54) is 0 Å². The maximum absolute atomic E-state index is 11.9. The third-order valence-corrected chi connectivity index (χ3v) is 3.04. The first-order chi connectivity index (χ1) is 9.06. The van der Waals surface area contributed by atoms with Crippen LogP contribution in [0.25, 0.3) is 0 Å². The Hall–Kier alpha value is -1.27. The van der Waals surface area contributed by atoms with Crippen LogP contribution in [0.1, 0.15) is 18.4 Å². The zero-order valence-corrected chi connectivity index (χ0v) is 10.5. The van der Waals surface area contributed by atoms with Gasteiger partial charge in [0.15, 0.2) is 6.61 Å². The Morgan fingerprint density at radius 2 is 1.84 bits per heavy atom. The second kappa shape index (κ2) is 6.25. The number of para-hydroxylation sites is 1. The van der Waals surface area contributed by atoms with Crippen LogP contribution in [-0.2, 0) is 11.4 Å². The van der Waals surface area contributed by atoms with Gasteiger partial charge < -0.3 is 4.90 Å². The minimum Gasteiger partial charge on any atom is -0.371 e. The Morgan fingerprint density at radius 3 is 2.53 bits per heavy atom. The SMILES string of the molecule is FC(F)(F)CONCc1ccccc1N1CCCC1. The summed E-state index contributed by atoms with van der Waals surface area (Å²) in [4.78, 5) is 6.68. The van der Waals surface area contributed by atoms with Crippen LogP contribution in [0, 0.1) is 0 Å². The molecule has 3 nitrogen and oxygen atoms in total. The number of nitrogens with zero attached hydrogens (tertiary/aromatic N) is 1. The highest BCUT2D eigenvalue weighted by Crippen LogP contribution is 2.24. The van der Waals surface area contributed by atoms with E-state index in [9.17, 15) is 13.2 Å². The number of benzene rings is 1. The van der Waals surface area contributed by atoms with E-state index >= 15 is 0 Å². The van der Waals surface area contributed by atoms with Crippen molar-refractivity contribution in [1.82, 2.24) is 5.48 Å². The van der Waals surface area contributed by atoms with Gasteiger partial charge in [-0.25, -0.2) is 0 Å². The number of rotatable bonds is 5. The standard InChI is InChI=1S/C13H17F3N2O/c14-13(15,16)10-19-17-9-11-5-1-2-6-12(11)18-7-3-4-8-18/h1-2,5-6,17H,3-4,7-10H2. The van der Waals surface area contributed by atoms with Crippen molar-refractivity contribution >= 4 is 5.69 Å². The van der Waals surface area contributed by atoms with E-state index in [0.29, 0.717) is 0 Å². The molecule has 1 N–H and O–H groups in total. The van der Waals surface area contributed by atoms with Gasteiger partial charge in [-0.15, -0.1) is 0 Å². The summed E-state index contributed by atoms with van der Waals surface area (Å²) in [5, 5.41) is 0. The molecular weight excluding hydrogens is 257 g/mol. The lowest BCUT2D eigenvalue weighted by Crippen LogP contribution is -2.26. The zero-order chi connectivity index (χ0) is 13.7. The van der Waals surface area contributed by atoms with Crippen LogP contribution < -0.4 is 10.4 Å². The molecule has 0 amide bonds. The van der Waals surface area contributed by atoms with Crippen LogP contribution in [0.15, 0.2) is 24.3 Å². The van der Waals surface area contributed by atoms with E-state index < -0.39 is 12.8 Å². The summed E-state index contributed by atoms with van der Waals surface area (Å²) in [6.45, 7) is 0.989.